The van der Waals surface area contributed by atoms with Crippen molar-refractivity contribution in [2.75, 3.05) is 0 Å². The minimum atomic E-state index is 0.443. The summed E-state index contributed by atoms with van der Waals surface area (Å²) >= 11 is 0. The zero-order valence-corrected chi connectivity index (χ0v) is 9.89. The van der Waals surface area contributed by atoms with Gasteiger partial charge in [0.1, 0.15) is 0 Å². The lowest BCUT2D eigenvalue weighted by Gasteiger charge is -2.26. The average Bonchev–Trinajstić information content (AvgIpc) is 2.92. The van der Waals surface area contributed by atoms with Gasteiger partial charge in [-0.05, 0) is 49.7 Å². The topological polar surface area (TPSA) is 24.9 Å². The van der Waals surface area contributed by atoms with Gasteiger partial charge in [0.15, 0.2) is 0 Å². The molecule has 3 unspecified atom stereocenters. The third-order valence-corrected chi connectivity index (χ3v) is 4.39. The van der Waals surface area contributed by atoms with E-state index in [0.29, 0.717) is 6.04 Å². The third-order valence-electron chi connectivity index (χ3n) is 4.39. The highest BCUT2D eigenvalue weighted by Gasteiger charge is 2.39. The zero-order chi connectivity index (χ0) is 11.0. The van der Waals surface area contributed by atoms with Crippen molar-refractivity contribution in [3.8, 4) is 0 Å². The second kappa shape index (κ2) is 4.17. The SMILES string of the molecule is C[C@@H](NC1CC2CCC1C2)c1cccnc1. The maximum absolute atomic E-state index is 4.19. The molecule has 2 saturated carbocycles. The van der Waals surface area contributed by atoms with Gasteiger partial charge in [-0.25, -0.2) is 0 Å². The van der Waals surface area contributed by atoms with E-state index in [4.69, 9.17) is 0 Å². The number of pyridine rings is 1. The molecule has 0 radical (unpaired) electrons. The molecule has 3 rings (SSSR count). The van der Waals surface area contributed by atoms with Crippen LogP contribution >= 0.6 is 0 Å². The summed E-state index contributed by atoms with van der Waals surface area (Å²) in [6.45, 7) is 2.25. The van der Waals surface area contributed by atoms with E-state index < -0.39 is 0 Å². The molecule has 2 aliphatic rings. The maximum atomic E-state index is 4.19. The Balaban J connectivity index is 1.63. The molecule has 2 fully saturated rings. The van der Waals surface area contributed by atoms with Crippen LogP contribution in [0.5, 0.6) is 0 Å². The highest BCUT2D eigenvalue weighted by atomic mass is 15.0. The van der Waals surface area contributed by atoms with Crippen molar-refractivity contribution in [2.45, 2.75) is 44.7 Å². The minimum absolute atomic E-state index is 0.443. The van der Waals surface area contributed by atoms with Gasteiger partial charge in [0, 0.05) is 24.5 Å². The fourth-order valence-corrected chi connectivity index (χ4v) is 3.50. The molecule has 1 N–H and O–H groups in total. The van der Waals surface area contributed by atoms with Gasteiger partial charge in [0.2, 0.25) is 0 Å². The molecule has 0 aromatic carbocycles. The van der Waals surface area contributed by atoms with E-state index in [9.17, 15) is 0 Å². The van der Waals surface area contributed by atoms with Crippen molar-refractivity contribution in [3.63, 3.8) is 0 Å². The fraction of sp³-hybridized carbons (Fsp3) is 0.643. The normalized spacial score (nSPS) is 34.2. The van der Waals surface area contributed by atoms with E-state index in [2.05, 4.69) is 23.3 Å². The van der Waals surface area contributed by atoms with Crippen LogP contribution in [0.4, 0.5) is 0 Å². The van der Waals surface area contributed by atoms with Crippen LogP contribution in [0.25, 0.3) is 0 Å². The summed E-state index contributed by atoms with van der Waals surface area (Å²) in [6, 6.07) is 5.39. The van der Waals surface area contributed by atoms with Crippen molar-refractivity contribution >= 4 is 0 Å². The lowest BCUT2D eigenvalue weighted by molar-refractivity contribution is 0.327. The predicted octanol–water partition coefficient (Wildman–Crippen LogP) is 2.92. The molecule has 2 aliphatic carbocycles. The van der Waals surface area contributed by atoms with Gasteiger partial charge in [0.25, 0.3) is 0 Å². The highest BCUT2D eigenvalue weighted by molar-refractivity contribution is 5.13. The molecular weight excluding hydrogens is 196 g/mol. The van der Waals surface area contributed by atoms with E-state index in [-0.39, 0.29) is 0 Å². The molecule has 2 bridgehead atoms. The van der Waals surface area contributed by atoms with E-state index in [0.717, 1.165) is 17.9 Å². The molecule has 0 amide bonds. The first-order valence-corrected chi connectivity index (χ1v) is 6.49. The van der Waals surface area contributed by atoms with Gasteiger partial charge >= 0.3 is 0 Å². The van der Waals surface area contributed by atoms with Gasteiger partial charge in [0.05, 0.1) is 0 Å². The quantitative estimate of drug-likeness (QED) is 0.840. The maximum Gasteiger partial charge on any atom is 0.0315 e. The predicted molar refractivity (Wildman–Crippen MR) is 65.0 cm³/mol. The standard InChI is InChI=1S/C14H20N2/c1-10(13-3-2-6-15-9-13)16-14-8-11-4-5-12(14)7-11/h2-3,6,9-12,14,16H,4-5,7-8H2,1H3/t10-,11?,12?,14?/m1/s1. The Bertz CT molecular complexity index is 349. The number of aromatic nitrogens is 1. The number of rotatable bonds is 3. The van der Waals surface area contributed by atoms with E-state index >= 15 is 0 Å². The Morgan fingerprint density at radius 1 is 1.38 bits per heavy atom. The first-order valence-electron chi connectivity index (χ1n) is 6.49. The van der Waals surface area contributed by atoms with Crippen molar-refractivity contribution in [1.29, 1.82) is 0 Å². The molecule has 86 valence electrons. The lowest BCUT2D eigenvalue weighted by atomic mass is 9.94. The summed E-state index contributed by atoms with van der Waals surface area (Å²) in [5.74, 6) is 1.97. The zero-order valence-electron chi connectivity index (χ0n) is 9.89. The first-order chi connectivity index (χ1) is 7.83. The lowest BCUT2D eigenvalue weighted by Crippen LogP contribution is -2.35. The molecule has 16 heavy (non-hydrogen) atoms. The number of fused-ring (bicyclic) bond motifs is 2. The Hall–Kier alpha value is -0.890. The highest BCUT2D eigenvalue weighted by Crippen LogP contribution is 2.45. The van der Waals surface area contributed by atoms with E-state index in [1.165, 1.54) is 31.2 Å². The van der Waals surface area contributed by atoms with Crippen LogP contribution in [0.15, 0.2) is 24.5 Å². The van der Waals surface area contributed by atoms with Crippen LogP contribution in [-0.4, -0.2) is 11.0 Å². The number of hydrogen-bond donors (Lipinski definition) is 1. The van der Waals surface area contributed by atoms with Gasteiger partial charge in [-0.15, -0.1) is 0 Å². The van der Waals surface area contributed by atoms with Crippen molar-refractivity contribution < 1.29 is 0 Å². The average molecular weight is 216 g/mol. The molecule has 2 nitrogen and oxygen atoms in total. The molecule has 0 spiro atoms. The largest absolute Gasteiger partial charge is 0.307 e. The first kappa shape index (κ1) is 10.3. The van der Waals surface area contributed by atoms with Crippen LogP contribution in [-0.2, 0) is 0 Å². The number of hydrogen-bond acceptors (Lipinski definition) is 2. The monoisotopic (exact) mass is 216 g/mol. The van der Waals surface area contributed by atoms with E-state index in [1.807, 2.05) is 18.5 Å². The summed E-state index contributed by atoms with van der Waals surface area (Å²) in [7, 11) is 0. The van der Waals surface area contributed by atoms with Crippen molar-refractivity contribution in [1.82, 2.24) is 10.3 Å². The van der Waals surface area contributed by atoms with Crippen LogP contribution in [0, 0.1) is 11.8 Å². The molecule has 1 heterocycles. The van der Waals surface area contributed by atoms with Crippen LogP contribution in [0.2, 0.25) is 0 Å². The number of nitrogens with zero attached hydrogens (tertiary/aromatic N) is 1. The molecule has 2 heteroatoms. The molecule has 0 aliphatic heterocycles. The molecule has 0 saturated heterocycles. The molecular formula is C14H20N2. The summed E-state index contributed by atoms with van der Waals surface area (Å²) in [5, 5.41) is 3.79. The Kier molecular flexibility index (Phi) is 2.68. The van der Waals surface area contributed by atoms with Crippen molar-refractivity contribution in [3.05, 3.63) is 30.1 Å². The van der Waals surface area contributed by atoms with Crippen LogP contribution in [0.3, 0.4) is 0 Å². The summed E-state index contributed by atoms with van der Waals surface area (Å²) in [6.07, 6.45) is 9.61. The summed E-state index contributed by atoms with van der Waals surface area (Å²) in [4.78, 5) is 4.19. The van der Waals surface area contributed by atoms with Crippen LogP contribution in [0.1, 0.15) is 44.2 Å². The summed E-state index contributed by atoms with van der Waals surface area (Å²) < 4.78 is 0. The van der Waals surface area contributed by atoms with Gasteiger partial charge < -0.3 is 5.32 Å². The van der Waals surface area contributed by atoms with Gasteiger partial charge in [-0.1, -0.05) is 12.5 Å². The van der Waals surface area contributed by atoms with Crippen LogP contribution < -0.4 is 5.32 Å². The Morgan fingerprint density at radius 3 is 2.94 bits per heavy atom. The summed E-state index contributed by atoms with van der Waals surface area (Å²) in [5.41, 5.74) is 1.31. The minimum Gasteiger partial charge on any atom is -0.307 e. The molecule has 1 aromatic heterocycles. The van der Waals surface area contributed by atoms with Crippen molar-refractivity contribution in [2.24, 2.45) is 11.8 Å². The second-order valence-corrected chi connectivity index (χ2v) is 5.46. The van der Waals surface area contributed by atoms with E-state index in [1.54, 1.807) is 0 Å². The molecule has 4 atom stereocenters. The van der Waals surface area contributed by atoms with Gasteiger partial charge in [-0.3, -0.25) is 4.98 Å². The fourth-order valence-electron chi connectivity index (χ4n) is 3.50. The second-order valence-electron chi connectivity index (χ2n) is 5.46. The van der Waals surface area contributed by atoms with Gasteiger partial charge in [-0.2, -0.15) is 0 Å². The Labute approximate surface area is 97.5 Å². The smallest absolute Gasteiger partial charge is 0.0315 e. The Morgan fingerprint density at radius 2 is 2.31 bits per heavy atom. The third kappa shape index (κ3) is 1.86. The molecule has 1 aromatic rings. The number of nitrogens with one attached hydrogen (secondary N) is 1.